The molecule has 1 aliphatic carbocycles. The lowest BCUT2D eigenvalue weighted by atomic mass is 9.89. The molecule has 2 aromatic heterocycles. The van der Waals surface area contributed by atoms with E-state index in [1.165, 1.54) is 32.1 Å². The van der Waals surface area contributed by atoms with Crippen molar-refractivity contribution in [3.05, 3.63) is 47.1 Å². The molecule has 0 unspecified atom stereocenters. The van der Waals surface area contributed by atoms with E-state index >= 15 is 0 Å². The van der Waals surface area contributed by atoms with Crippen molar-refractivity contribution in [1.82, 2.24) is 15.0 Å². The minimum absolute atomic E-state index is 0.452. The van der Waals surface area contributed by atoms with Gasteiger partial charge in [-0.05, 0) is 25.0 Å². The molecule has 2 heterocycles. The lowest BCUT2D eigenvalue weighted by Gasteiger charge is -2.20. The Morgan fingerprint density at radius 3 is 2.76 bits per heavy atom. The molecule has 0 aromatic carbocycles. The minimum atomic E-state index is 0.452. The van der Waals surface area contributed by atoms with E-state index in [-0.39, 0.29) is 0 Å². The van der Waals surface area contributed by atoms with Crippen molar-refractivity contribution in [3.63, 3.8) is 0 Å². The molecular weight excluding hydrogens is 284 g/mol. The third kappa shape index (κ3) is 3.91. The van der Waals surface area contributed by atoms with E-state index in [2.05, 4.69) is 20.3 Å². The third-order valence-corrected chi connectivity index (χ3v) is 4.05. The molecule has 2 aromatic rings. The molecule has 5 heteroatoms. The van der Waals surface area contributed by atoms with Gasteiger partial charge in [0.2, 0.25) is 0 Å². The molecule has 3 rings (SSSR count). The predicted molar refractivity (Wildman–Crippen MR) is 84.4 cm³/mol. The highest BCUT2D eigenvalue weighted by molar-refractivity contribution is 6.29. The first kappa shape index (κ1) is 14.3. The average Bonchev–Trinajstić information content (AvgIpc) is 2.54. The van der Waals surface area contributed by atoms with Gasteiger partial charge in [0, 0.05) is 18.2 Å². The van der Waals surface area contributed by atoms with Gasteiger partial charge in [-0.1, -0.05) is 36.9 Å². The highest BCUT2D eigenvalue weighted by Gasteiger charge is 2.19. The Morgan fingerprint density at radius 1 is 1.14 bits per heavy atom. The standard InChI is InChI=1S/C16H19ClN4/c17-14-10-15(19-11-13-8-4-5-9-18-13)21-16(20-14)12-6-2-1-3-7-12/h4-5,8-10,12H,1-3,6-7,11H2,(H,19,20,21). The number of nitrogens with zero attached hydrogens (tertiary/aromatic N) is 3. The van der Waals surface area contributed by atoms with Gasteiger partial charge in [-0.25, -0.2) is 9.97 Å². The number of rotatable bonds is 4. The van der Waals surface area contributed by atoms with Crippen molar-refractivity contribution in [1.29, 1.82) is 0 Å². The summed E-state index contributed by atoms with van der Waals surface area (Å²) >= 11 is 6.14. The van der Waals surface area contributed by atoms with Gasteiger partial charge in [-0.15, -0.1) is 0 Å². The molecular formula is C16H19ClN4. The molecule has 0 bridgehead atoms. The Labute approximate surface area is 130 Å². The van der Waals surface area contributed by atoms with Crippen LogP contribution in [0.25, 0.3) is 0 Å². The van der Waals surface area contributed by atoms with Crippen molar-refractivity contribution < 1.29 is 0 Å². The van der Waals surface area contributed by atoms with E-state index in [9.17, 15) is 0 Å². The quantitative estimate of drug-likeness (QED) is 0.861. The Morgan fingerprint density at radius 2 is 2.00 bits per heavy atom. The topological polar surface area (TPSA) is 50.7 Å². The summed E-state index contributed by atoms with van der Waals surface area (Å²) in [5.74, 6) is 2.11. The molecule has 1 fully saturated rings. The van der Waals surface area contributed by atoms with Crippen molar-refractivity contribution in [2.24, 2.45) is 0 Å². The van der Waals surface area contributed by atoms with Crippen LogP contribution in [0.2, 0.25) is 5.15 Å². The molecule has 1 aliphatic rings. The first-order valence-electron chi connectivity index (χ1n) is 7.49. The van der Waals surface area contributed by atoms with Crippen LogP contribution in [0.15, 0.2) is 30.5 Å². The summed E-state index contributed by atoms with van der Waals surface area (Å²) in [5, 5.41) is 3.79. The molecule has 110 valence electrons. The van der Waals surface area contributed by atoms with Gasteiger partial charge in [0.25, 0.3) is 0 Å². The largest absolute Gasteiger partial charge is 0.364 e. The van der Waals surface area contributed by atoms with Crippen LogP contribution in [0.5, 0.6) is 0 Å². The van der Waals surface area contributed by atoms with Gasteiger partial charge < -0.3 is 5.32 Å². The van der Waals surface area contributed by atoms with Gasteiger partial charge >= 0.3 is 0 Å². The van der Waals surface area contributed by atoms with Gasteiger partial charge in [-0.3, -0.25) is 4.98 Å². The van der Waals surface area contributed by atoms with E-state index in [0.29, 0.717) is 17.6 Å². The first-order valence-corrected chi connectivity index (χ1v) is 7.87. The second kappa shape index (κ2) is 6.85. The lowest BCUT2D eigenvalue weighted by Crippen LogP contribution is -2.11. The number of aromatic nitrogens is 3. The van der Waals surface area contributed by atoms with Gasteiger partial charge in [-0.2, -0.15) is 0 Å². The Hall–Kier alpha value is -1.68. The van der Waals surface area contributed by atoms with Crippen LogP contribution in [-0.4, -0.2) is 15.0 Å². The summed E-state index contributed by atoms with van der Waals surface area (Å²) in [6.07, 6.45) is 7.97. The fourth-order valence-corrected chi connectivity index (χ4v) is 2.94. The van der Waals surface area contributed by atoms with Gasteiger partial charge in [0.15, 0.2) is 0 Å². The summed E-state index contributed by atoms with van der Waals surface area (Å²) < 4.78 is 0. The van der Waals surface area contributed by atoms with Crippen LogP contribution < -0.4 is 5.32 Å². The number of pyridine rings is 1. The summed E-state index contributed by atoms with van der Waals surface area (Å²) in [7, 11) is 0. The lowest BCUT2D eigenvalue weighted by molar-refractivity contribution is 0.429. The second-order valence-electron chi connectivity index (χ2n) is 5.44. The van der Waals surface area contributed by atoms with E-state index < -0.39 is 0 Å². The smallest absolute Gasteiger partial charge is 0.135 e. The van der Waals surface area contributed by atoms with E-state index in [4.69, 9.17) is 11.6 Å². The molecule has 21 heavy (non-hydrogen) atoms. The molecule has 1 saturated carbocycles. The number of hydrogen-bond donors (Lipinski definition) is 1. The Kier molecular flexibility index (Phi) is 4.65. The summed E-state index contributed by atoms with van der Waals surface area (Å²) in [6.45, 7) is 0.637. The summed E-state index contributed by atoms with van der Waals surface area (Å²) in [4.78, 5) is 13.3. The van der Waals surface area contributed by atoms with E-state index in [1.54, 1.807) is 12.3 Å². The molecule has 0 spiro atoms. The van der Waals surface area contributed by atoms with Crippen molar-refractivity contribution >= 4 is 17.4 Å². The maximum atomic E-state index is 6.14. The van der Waals surface area contributed by atoms with Crippen molar-refractivity contribution in [3.8, 4) is 0 Å². The fourth-order valence-electron chi connectivity index (χ4n) is 2.75. The van der Waals surface area contributed by atoms with Crippen LogP contribution in [0, 0.1) is 0 Å². The number of halogens is 1. The monoisotopic (exact) mass is 302 g/mol. The molecule has 0 aliphatic heterocycles. The normalized spacial score (nSPS) is 15.9. The molecule has 0 atom stereocenters. The SMILES string of the molecule is Clc1cc(NCc2ccccn2)nc(C2CCCCC2)n1. The minimum Gasteiger partial charge on any atom is -0.364 e. The van der Waals surface area contributed by atoms with Crippen LogP contribution in [0.1, 0.15) is 49.5 Å². The zero-order valence-electron chi connectivity index (χ0n) is 11.9. The molecule has 0 amide bonds. The van der Waals surface area contributed by atoms with Gasteiger partial charge in [0.05, 0.1) is 12.2 Å². The van der Waals surface area contributed by atoms with Gasteiger partial charge in [0.1, 0.15) is 16.8 Å². The van der Waals surface area contributed by atoms with Crippen LogP contribution >= 0.6 is 11.6 Å². The number of nitrogens with one attached hydrogen (secondary N) is 1. The maximum Gasteiger partial charge on any atom is 0.135 e. The molecule has 0 saturated heterocycles. The van der Waals surface area contributed by atoms with Crippen molar-refractivity contribution in [2.75, 3.05) is 5.32 Å². The maximum absolute atomic E-state index is 6.14. The van der Waals surface area contributed by atoms with Crippen LogP contribution in [0.3, 0.4) is 0 Å². The second-order valence-corrected chi connectivity index (χ2v) is 5.83. The predicted octanol–water partition coefficient (Wildman–Crippen LogP) is 4.18. The Bertz CT molecular complexity index is 582. The Balaban J connectivity index is 1.71. The van der Waals surface area contributed by atoms with Crippen LogP contribution in [-0.2, 0) is 6.54 Å². The van der Waals surface area contributed by atoms with E-state index in [0.717, 1.165) is 17.3 Å². The fraction of sp³-hybridized carbons (Fsp3) is 0.438. The van der Waals surface area contributed by atoms with Crippen molar-refractivity contribution in [2.45, 2.75) is 44.6 Å². The summed E-state index contributed by atoms with van der Waals surface area (Å²) in [6, 6.07) is 7.64. The number of hydrogen-bond acceptors (Lipinski definition) is 4. The molecule has 4 nitrogen and oxygen atoms in total. The number of anilines is 1. The average molecular weight is 303 g/mol. The highest BCUT2D eigenvalue weighted by atomic mass is 35.5. The first-order chi connectivity index (χ1) is 10.3. The van der Waals surface area contributed by atoms with E-state index in [1.807, 2.05) is 18.2 Å². The van der Waals surface area contributed by atoms with Crippen LogP contribution in [0.4, 0.5) is 5.82 Å². The molecule has 0 radical (unpaired) electrons. The summed E-state index contributed by atoms with van der Waals surface area (Å²) in [5.41, 5.74) is 0.978. The zero-order chi connectivity index (χ0) is 14.5. The highest BCUT2D eigenvalue weighted by Crippen LogP contribution is 2.31. The molecule has 1 N–H and O–H groups in total. The zero-order valence-corrected chi connectivity index (χ0v) is 12.7. The third-order valence-electron chi connectivity index (χ3n) is 3.86.